The van der Waals surface area contributed by atoms with Crippen LogP contribution in [0.15, 0.2) is 6.33 Å². The topological polar surface area (TPSA) is 80.1 Å². The second-order valence-corrected chi connectivity index (χ2v) is 6.40. The second-order valence-electron chi connectivity index (χ2n) is 6.40. The summed E-state index contributed by atoms with van der Waals surface area (Å²) in [6, 6.07) is 0. The number of carbonyl (C=O) groups excluding carboxylic acids is 2. The molecule has 0 atom stereocenters. The van der Waals surface area contributed by atoms with E-state index in [9.17, 15) is 9.59 Å². The van der Waals surface area contributed by atoms with Crippen LogP contribution in [0.5, 0.6) is 0 Å². The van der Waals surface area contributed by atoms with Crippen molar-refractivity contribution in [2.75, 3.05) is 6.54 Å². The van der Waals surface area contributed by atoms with Gasteiger partial charge in [-0.15, -0.1) is 0 Å². The number of carbonyl (C=O) groups is 2. The lowest BCUT2D eigenvalue weighted by atomic mass is 10.0. The first-order valence-corrected chi connectivity index (χ1v) is 7.26. The normalized spacial score (nSPS) is 18.8. The number of rotatable bonds is 4. The van der Waals surface area contributed by atoms with Crippen molar-refractivity contribution in [1.29, 1.82) is 0 Å². The van der Waals surface area contributed by atoms with Gasteiger partial charge in [-0.25, -0.2) is 9.67 Å². The maximum Gasteiger partial charge on any atom is 0.248 e. The van der Waals surface area contributed by atoms with E-state index in [1.165, 1.54) is 6.33 Å². The molecule has 7 nitrogen and oxygen atoms in total. The Morgan fingerprint density at radius 2 is 2.10 bits per heavy atom. The van der Waals surface area contributed by atoms with Crippen LogP contribution in [-0.2, 0) is 22.7 Å². The molecule has 0 saturated carbocycles. The Kier molecular flexibility index (Phi) is 4.29. The molecule has 21 heavy (non-hydrogen) atoms. The molecule has 1 aromatic heterocycles. The molecule has 2 amide bonds. The molecule has 1 aliphatic heterocycles. The van der Waals surface area contributed by atoms with Crippen molar-refractivity contribution in [3.63, 3.8) is 0 Å². The quantitative estimate of drug-likeness (QED) is 0.879. The van der Waals surface area contributed by atoms with Crippen LogP contribution in [-0.4, -0.2) is 43.6 Å². The van der Waals surface area contributed by atoms with Crippen molar-refractivity contribution in [3.8, 4) is 0 Å². The summed E-state index contributed by atoms with van der Waals surface area (Å²) in [6.07, 6.45) is 1.82. The van der Waals surface area contributed by atoms with E-state index < -0.39 is 5.54 Å². The average Bonchev–Trinajstić information content (AvgIpc) is 2.75. The summed E-state index contributed by atoms with van der Waals surface area (Å²) in [5.74, 6) is 1.01. The molecule has 0 aromatic carbocycles. The van der Waals surface area contributed by atoms with Gasteiger partial charge in [-0.1, -0.05) is 13.8 Å². The fourth-order valence-corrected chi connectivity index (χ4v) is 2.43. The van der Waals surface area contributed by atoms with E-state index in [0.29, 0.717) is 25.4 Å². The molecule has 2 rings (SSSR count). The first-order valence-electron chi connectivity index (χ1n) is 7.26. The summed E-state index contributed by atoms with van der Waals surface area (Å²) < 4.78 is 1.82. The summed E-state index contributed by atoms with van der Waals surface area (Å²) >= 11 is 0. The van der Waals surface area contributed by atoms with Gasteiger partial charge in [0.15, 0.2) is 0 Å². The SMILES string of the molecule is CC(C)Cn1ncnc1CN1CCC(=O)NC(C)(C)C1=O. The maximum absolute atomic E-state index is 12.5. The van der Waals surface area contributed by atoms with Crippen molar-refractivity contribution >= 4 is 11.8 Å². The van der Waals surface area contributed by atoms with Crippen LogP contribution in [0, 0.1) is 5.92 Å². The minimum Gasteiger partial charge on any atom is -0.342 e. The van der Waals surface area contributed by atoms with E-state index in [-0.39, 0.29) is 11.8 Å². The highest BCUT2D eigenvalue weighted by molar-refractivity contribution is 5.92. The van der Waals surface area contributed by atoms with Crippen molar-refractivity contribution in [1.82, 2.24) is 25.0 Å². The van der Waals surface area contributed by atoms with E-state index in [0.717, 1.165) is 12.4 Å². The van der Waals surface area contributed by atoms with Gasteiger partial charge in [-0.3, -0.25) is 9.59 Å². The average molecular weight is 293 g/mol. The van der Waals surface area contributed by atoms with Crippen molar-refractivity contribution in [2.24, 2.45) is 5.92 Å². The number of aromatic nitrogens is 3. The summed E-state index contributed by atoms with van der Waals surface area (Å²) in [5, 5.41) is 6.96. The zero-order chi connectivity index (χ0) is 15.6. The van der Waals surface area contributed by atoms with Crippen LogP contribution in [0.2, 0.25) is 0 Å². The number of nitrogens with one attached hydrogen (secondary N) is 1. The number of hydrogen-bond acceptors (Lipinski definition) is 4. The van der Waals surface area contributed by atoms with Crippen molar-refractivity contribution in [3.05, 3.63) is 12.2 Å². The van der Waals surface area contributed by atoms with Gasteiger partial charge >= 0.3 is 0 Å². The van der Waals surface area contributed by atoms with Gasteiger partial charge in [0.2, 0.25) is 11.8 Å². The van der Waals surface area contributed by atoms with E-state index >= 15 is 0 Å². The smallest absolute Gasteiger partial charge is 0.248 e. The maximum atomic E-state index is 12.5. The Hall–Kier alpha value is -1.92. The van der Waals surface area contributed by atoms with E-state index in [1.807, 2.05) is 4.68 Å². The van der Waals surface area contributed by atoms with Gasteiger partial charge in [0.05, 0.1) is 6.54 Å². The fraction of sp³-hybridized carbons (Fsp3) is 0.714. The van der Waals surface area contributed by atoms with Crippen LogP contribution >= 0.6 is 0 Å². The molecule has 1 aliphatic rings. The summed E-state index contributed by atoms with van der Waals surface area (Å²) in [7, 11) is 0. The largest absolute Gasteiger partial charge is 0.342 e. The zero-order valence-corrected chi connectivity index (χ0v) is 13.1. The molecule has 116 valence electrons. The Labute approximate surface area is 124 Å². The summed E-state index contributed by atoms with van der Waals surface area (Å²) in [6.45, 7) is 9.21. The third-order valence-electron chi connectivity index (χ3n) is 3.45. The van der Waals surface area contributed by atoms with Gasteiger partial charge < -0.3 is 10.2 Å². The standard InChI is InChI=1S/C14H23N5O2/c1-10(2)7-19-11(15-9-16-19)8-18-6-5-12(20)17-14(3,4)13(18)21/h9-10H,5-8H2,1-4H3,(H,17,20). The first-order chi connectivity index (χ1) is 9.79. The van der Waals surface area contributed by atoms with E-state index in [4.69, 9.17) is 0 Å². The Bertz CT molecular complexity index is 535. The Morgan fingerprint density at radius 1 is 1.38 bits per heavy atom. The lowest BCUT2D eigenvalue weighted by Crippen LogP contribution is -2.52. The molecule has 1 fully saturated rings. The van der Waals surface area contributed by atoms with E-state index in [1.54, 1.807) is 18.7 Å². The lowest BCUT2D eigenvalue weighted by molar-refractivity contribution is -0.138. The van der Waals surface area contributed by atoms with Gasteiger partial charge in [0, 0.05) is 19.5 Å². The molecule has 1 N–H and O–H groups in total. The fourth-order valence-electron chi connectivity index (χ4n) is 2.43. The van der Waals surface area contributed by atoms with Crippen LogP contribution < -0.4 is 5.32 Å². The minimum atomic E-state index is -0.878. The molecule has 0 unspecified atom stereocenters. The summed E-state index contributed by atoms with van der Waals surface area (Å²) in [4.78, 5) is 30.1. The Morgan fingerprint density at radius 3 is 2.76 bits per heavy atom. The van der Waals surface area contributed by atoms with Crippen LogP contribution in [0.3, 0.4) is 0 Å². The van der Waals surface area contributed by atoms with E-state index in [2.05, 4.69) is 29.2 Å². The molecule has 0 bridgehead atoms. The minimum absolute atomic E-state index is 0.0903. The van der Waals surface area contributed by atoms with Gasteiger partial charge in [-0.05, 0) is 19.8 Å². The highest BCUT2D eigenvalue weighted by Gasteiger charge is 2.36. The number of hydrogen-bond donors (Lipinski definition) is 1. The van der Waals surface area contributed by atoms with Crippen LogP contribution in [0.25, 0.3) is 0 Å². The highest BCUT2D eigenvalue weighted by atomic mass is 16.2. The van der Waals surface area contributed by atoms with Gasteiger partial charge in [0.1, 0.15) is 17.7 Å². The number of nitrogens with zero attached hydrogens (tertiary/aromatic N) is 4. The first kappa shape index (κ1) is 15.5. The van der Waals surface area contributed by atoms with Crippen LogP contribution in [0.4, 0.5) is 0 Å². The van der Waals surface area contributed by atoms with Crippen molar-refractivity contribution in [2.45, 2.75) is 52.7 Å². The highest BCUT2D eigenvalue weighted by Crippen LogP contribution is 2.15. The Balaban J connectivity index is 2.16. The lowest BCUT2D eigenvalue weighted by Gasteiger charge is -2.28. The summed E-state index contributed by atoms with van der Waals surface area (Å²) in [5.41, 5.74) is -0.878. The van der Waals surface area contributed by atoms with Crippen molar-refractivity contribution < 1.29 is 9.59 Å². The molecule has 0 spiro atoms. The number of amides is 2. The molecule has 2 heterocycles. The third kappa shape index (κ3) is 3.59. The van der Waals surface area contributed by atoms with Crippen LogP contribution in [0.1, 0.15) is 39.9 Å². The predicted octanol–water partition coefficient (Wildman–Crippen LogP) is 0.561. The molecular formula is C14H23N5O2. The van der Waals surface area contributed by atoms with Gasteiger partial charge in [0.25, 0.3) is 0 Å². The molecule has 0 radical (unpaired) electrons. The zero-order valence-electron chi connectivity index (χ0n) is 13.1. The second kappa shape index (κ2) is 5.83. The van der Waals surface area contributed by atoms with Gasteiger partial charge in [-0.2, -0.15) is 5.10 Å². The third-order valence-corrected chi connectivity index (χ3v) is 3.45. The molecular weight excluding hydrogens is 270 g/mol. The monoisotopic (exact) mass is 293 g/mol. The molecule has 1 aromatic rings. The molecule has 1 saturated heterocycles. The molecule has 0 aliphatic carbocycles. The molecule has 7 heteroatoms. The predicted molar refractivity (Wildman–Crippen MR) is 77.1 cm³/mol.